The van der Waals surface area contributed by atoms with E-state index < -0.39 is 10.9 Å². The number of ether oxygens (including phenoxy) is 1. The molecule has 0 saturated carbocycles. The van der Waals surface area contributed by atoms with Crippen LogP contribution in [0, 0.1) is 10.1 Å². The Balaban J connectivity index is 1.96. The molecule has 9 nitrogen and oxygen atoms in total. The van der Waals surface area contributed by atoms with Gasteiger partial charge in [0.1, 0.15) is 6.61 Å². The van der Waals surface area contributed by atoms with E-state index in [9.17, 15) is 14.9 Å². The van der Waals surface area contributed by atoms with Crippen LogP contribution in [-0.4, -0.2) is 37.6 Å². The molecule has 1 N–H and O–H groups in total. The van der Waals surface area contributed by atoms with E-state index in [2.05, 4.69) is 10.3 Å². The molecule has 0 atom stereocenters. The monoisotopic (exact) mass is 278 g/mol. The number of carboxylic acids is 1. The van der Waals surface area contributed by atoms with Crippen molar-refractivity contribution in [3.63, 3.8) is 0 Å². The summed E-state index contributed by atoms with van der Waals surface area (Å²) in [5, 5.41) is 26.5. The van der Waals surface area contributed by atoms with Crippen LogP contribution in [0.2, 0.25) is 0 Å². The van der Waals surface area contributed by atoms with E-state index in [0.717, 1.165) is 0 Å². The Morgan fingerprint density at radius 1 is 1.45 bits per heavy atom. The molecule has 0 spiro atoms. The molecule has 0 unspecified atom stereocenters. The SMILES string of the molecule is O=C(O)c1cn(CCOc2ccccc2[N+](=O)[O-])nn1. The Hall–Kier alpha value is -2.97. The highest BCUT2D eigenvalue weighted by molar-refractivity contribution is 5.84. The van der Waals surface area contributed by atoms with Crippen molar-refractivity contribution in [2.45, 2.75) is 6.54 Å². The van der Waals surface area contributed by atoms with Gasteiger partial charge in [-0.1, -0.05) is 17.3 Å². The van der Waals surface area contributed by atoms with Crippen molar-refractivity contribution in [2.75, 3.05) is 6.61 Å². The fourth-order valence-electron chi connectivity index (χ4n) is 1.48. The summed E-state index contributed by atoms with van der Waals surface area (Å²) in [6.07, 6.45) is 1.26. The number of para-hydroxylation sites is 2. The molecular formula is C11H10N4O5. The van der Waals surface area contributed by atoms with Gasteiger partial charge in [0.15, 0.2) is 11.4 Å². The Bertz CT molecular complexity index is 639. The zero-order chi connectivity index (χ0) is 14.5. The van der Waals surface area contributed by atoms with E-state index >= 15 is 0 Å². The minimum absolute atomic E-state index is 0.104. The predicted molar refractivity (Wildman–Crippen MR) is 65.6 cm³/mol. The summed E-state index contributed by atoms with van der Waals surface area (Å²) in [5.74, 6) is -1.02. The number of benzene rings is 1. The van der Waals surface area contributed by atoms with Gasteiger partial charge in [-0.2, -0.15) is 0 Å². The first kappa shape index (κ1) is 13.5. The third kappa shape index (κ3) is 3.07. The number of nitrogens with zero attached hydrogens (tertiary/aromatic N) is 4. The predicted octanol–water partition coefficient (Wildman–Crippen LogP) is 0.963. The Labute approximate surface area is 112 Å². The molecule has 0 saturated heterocycles. The lowest BCUT2D eigenvalue weighted by atomic mass is 10.3. The second kappa shape index (κ2) is 5.78. The highest BCUT2D eigenvalue weighted by Crippen LogP contribution is 2.25. The molecule has 104 valence electrons. The van der Waals surface area contributed by atoms with Gasteiger partial charge in [0, 0.05) is 6.07 Å². The highest BCUT2D eigenvalue weighted by Gasteiger charge is 2.13. The van der Waals surface area contributed by atoms with Crippen LogP contribution in [0.5, 0.6) is 5.75 Å². The molecule has 0 aliphatic heterocycles. The van der Waals surface area contributed by atoms with Gasteiger partial charge in [-0.15, -0.1) is 5.10 Å². The number of carbonyl (C=O) groups is 1. The van der Waals surface area contributed by atoms with Crippen molar-refractivity contribution >= 4 is 11.7 Å². The largest absolute Gasteiger partial charge is 0.485 e. The number of hydrogen-bond acceptors (Lipinski definition) is 6. The molecule has 0 aliphatic carbocycles. The molecule has 2 rings (SSSR count). The van der Waals surface area contributed by atoms with E-state index in [1.165, 1.54) is 23.0 Å². The third-order valence-electron chi connectivity index (χ3n) is 2.40. The molecule has 20 heavy (non-hydrogen) atoms. The lowest BCUT2D eigenvalue weighted by molar-refractivity contribution is -0.385. The molecule has 1 aromatic heterocycles. The lowest BCUT2D eigenvalue weighted by Gasteiger charge is -2.05. The number of rotatable bonds is 6. The highest BCUT2D eigenvalue weighted by atomic mass is 16.6. The first-order valence-electron chi connectivity index (χ1n) is 5.57. The number of aromatic nitrogens is 3. The molecule has 0 amide bonds. The van der Waals surface area contributed by atoms with Crippen LogP contribution < -0.4 is 4.74 Å². The summed E-state index contributed by atoms with van der Waals surface area (Å²) in [7, 11) is 0. The van der Waals surface area contributed by atoms with Crippen molar-refractivity contribution in [1.29, 1.82) is 0 Å². The van der Waals surface area contributed by atoms with Gasteiger partial charge in [0.2, 0.25) is 0 Å². The topological polar surface area (TPSA) is 120 Å². The molecule has 9 heteroatoms. The summed E-state index contributed by atoms with van der Waals surface area (Å²) < 4.78 is 6.58. The van der Waals surface area contributed by atoms with Crippen molar-refractivity contribution < 1.29 is 19.6 Å². The van der Waals surface area contributed by atoms with E-state index in [1.807, 2.05) is 0 Å². The summed E-state index contributed by atoms with van der Waals surface area (Å²) >= 11 is 0. The third-order valence-corrected chi connectivity index (χ3v) is 2.40. The minimum Gasteiger partial charge on any atom is -0.485 e. The quantitative estimate of drug-likeness (QED) is 0.617. The minimum atomic E-state index is -1.17. The standard InChI is InChI=1S/C11H10N4O5/c16-11(17)8-7-14(13-12-8)5-6-20-10-4-2-1-3-9(10)15(18)19/h1-4,7H,5-6H2,(H,16,17). The number of hydrogen-bond donors (Lipinski definition) is 1. The van der Waals surface area contributed by atoms with Crippen molar-refractivity contribution in [1.82, 2.24) is 15.0 Å². The Kier molecular flexibility index (Phi) is 3.89. The normalized spacial score (nSPS) is 10.2. The molecule has 1 aromatic carbocycles. The number of carboxylic acid groups (broad SMARTS) is 1. The van der Waals surface area contributed by atoms with Crippen molar-refractivity contribution in [2.24, 2.45) is 0 Å². The molecule has 0 radical (unpaired) electrons. The molecule has 0 bridgehead atoms. The van der Waals surface area contributed by atoms with E-state index in [4.69, 9.17) is 9.84 Å². The van der Waals surface area contributed by atoms with E-state index in [1.54, 1.807) is 12.1 Å². The van der Waals surface area contributed by atoms with Crippen molar-refractivity contribution in [3.05, 3.63) is 46.3 Å². The van der Waals surface area contributed by atoms with Gasteiger partial charge < -0.3 is 9.84 Å². The van der Waals surface area contributed by atoms with Crippen molar-refractivity contribution in [3.8, 4) is 5.75 Å². The van der Waals surface area contributed by atoms with Crippen LogP contribution >= 0.6 is 0 Å². The summed E-state index contributed by atoms with van der Waals surface area (Å²) in [6, 6.07) is 6.00. The van der Waals surface area contributed by atoms with Crippen LogP contribution in [0.3, 0.4) is 0 Å². The average molecular weight is 278 g/mol. The fraction of sp³-hybridized carbons (Fsp3) is 0.182. The zero-order valence-corrected chi connectivity index (χ0v) is 10.2. The first-order valence-corrected chi connectivity index (χ1v) is 5.57. The van der Waals surface area contributed by atoms with E-state index in [0.29, 0.717) is 0 Å². The first-order chi connectivity index (χ1) is 9.58. The maximum absolute atomic E-state index is 10.8. The van der Waals surface area contributed by atoms with Gasteiger partial charge in [0.05, 0.1) is 17.7 Å². The summed E-state index contributed by atoms with van der Waals surface area (Å²) in [6.45, 7) is 0.333. The van der Waals surface area contributed by atoms with Gasteiger partial charge in [0.25, 0.3) is 0 Å². The van der Waals surface area contributed by atoms with Crippen LogP contribution in [-0.2, 0) is 6.54 Å². The van der Waals surface area contributed by atoms with Crippen LogP contribution in [0.4, 0.5) is 5.69 Å². The number of nitro benzene ring substituents is 1. The second-order valence-corrected chi connectivity index (χ2v) is 3.75. The Morgan fingerprint density at radius 3 is 2.85 bits per heavy atom. The maximum atomic E-state index is 10.8. The lowest BCUT2D eigenvalue weighted by Crippen LogP contribution is -2.09. The molecule has 1 heterocycles. The number of nitro groups is 1. The van der Waals surface area contributed by atoms with Crippen LogP contribution in [0.15, 0.2) is 30.5 Å². The second-order valence-electron chi connectivity index (χ2n) is 3.75. The van der Waals surface area contributed by atoms with Gasteiger partial charge in [-0.3, -0.25) is 10.1 Å². The smallest absolute Gasteiger partial charge is 0.358 e. The van der Waals surface area contributed by atoms with Crippen LogP contribution in [0.1, 0.15) is 10.5 Å². The van der Waals surface area contributed by atoms with Gasteiger partial charge >= 0.3 is 11.7 Å². The number of aromatic carboxylic acids is 1. The summed E-state index contributed by atoms with van der Waals surface area (Å²) in [5.41, 5.74) is -0.298. The average Bonchev–Trinajstić information content (AvgIpc) is 2.88. The molecule has 2 aromatic rings. The van der Waals surface area contributed by atoms with Gasteiger partial charge in [-0.05, 0) is 6.07 Å². The van der Waals surface area contributed by atoms with E-state index in [-0.39, 0.29) is 30.3 Å². The molecular weight excluding hydrogens is 268 g/mol. The fourth-order valence-corrected chi connectivity index (χ4v) is 1.48. The van der Waals surface area contributed by atoms with Crippen LogP contribution in [0.25, 0.3) is 0 Å². The maximum Gasteiger partial charge on any atom is 0.358 e. The summed E-state index contributed by atoms with van der Waals surface area (Å²) in [4.78, 5) is 20.8. The molecule has 0 fully saturated rings. The van der Waals surface area contributed by atoms with Gasteiger partial charge in [-0.25, -0.2) is 9.48 Å². The zero-order valence-electron chi connectivity index (χ0n) is 10.2. The Morgan fingerprint density at radius 2 is 2.20 bits per heavy atom. The molecule has 0 aliphatic rings.